The summed E-state index contributed by atoms with van der Waals surface area (Å²) in [6.07, 6.45) is 4.07. The monoisotopic (exact) mass is 301 g/mol. The number of hydrogen-bond acceptors (Lipinski definition) is 1. The molecule has 0 radical (unpaired) electrons. The second kappa shape index (κ2) is 6.04. The second-order valence-corrected chi connectivity index (χ2v) is 5.54. The molecule has 0 aromatic heterocycles. The fourth-order valence-electron chi connectivity index (χ4n) is 2.10. The zero-order valence-corrected chi connectivity index (χ0v) is 11.7. The van der Waals surface area contributed by atoms with Gasteiger partial charge in [-0.3, -0.25) is 4.90 Å². The Hall–Kier alpha value is -0.0500. The average Bonchev–Trinajstić information content (AvgIpc) is 2.19. The van der Waals surface area contributed by atoms with E-state index in [1.807, 2.05) is 12.1 Å². The van der Waals surface area contributed by atoms with Crippen LogP contribution in [0.25, 0.3) is 0 Å². The number of halogens is 2. The summed E-state index contributed by atoms with van der Waals surface area (Å²) in [6.45, 7) is 2.09. The minimum Gasteiger partial charge on any atom is -0.295 e. The Kier molecular flexibility index (Phi) is 4.68. The van der Waals surface area contributed by atoms with Gasteiger partial charge in [0, 0.05) is 29.5 Å². The number of rotatable bonds is 5. The summed E-state index contributed by atoms with van der Waals surface area (Å²) < 4.78 is 0. The maximum Gasteiger partial charge on any atom is 0.0451 e. The van der Waals surface area contributed by atoms with Crippen molar-refractivity contribution in [1.82, 2.24) is 4.90 Å². The molecule has 1 aromatic carbocycles. The van der Waals surface area contributed by atoms with Gasteiger partial charge in [0.05, 0.1) is 0 Å². The van der Waals surface area contributed by atoms with Crippen LogP contribution >= 0.6 is 27.5 Å². The molecule has 0 saturated heterocycles. The van der Waals surface area contributed by atoms with Crippen LogP contribution in [0.1, 0.15) is 24.8 Å². The van der Waals surface area contributed by atoms with Crippen LogP contribution in [0, 0.1) is 0 Å². The number of benzene rings is 1. The van der Waals surface area contributed by atoms with E-state index < -0.39 is 0 Å². The van der Waals surface area contributed by atoms with E-state index >= 15 is 0 Å². The summed E-state index contributed by atoms with van der Waals surface area (Å²) in [5.41, 5.74) is 1.25. The summed E-state index contributed by atoms with van der Waals surface area (Å²) in [6, 6.07) is 8.93. The van der Waals surface area contributed by atoms with E-state index in [0.29, 0.717) is 0 Å². The van der Waals surface area contributed by atoms with Gasteiger partial charge in [-0.1, -0.05) is 52.2 Å². The molecule has 0 atom stereocenters. The molecule has 1 fully saturated rings. The third-order valence-corrected chi connectivity index (χ3v) is 4.02. The zero-order chi connectivity index (χ0) is 11.4. The highest BCUT2D eigenvalue weighted by atomic mass is 79.9. The molecular formula is C13H17BrClN. The molecule has 0 amide bonds. The minimum absolute atomic E-state index is 0.772. The van der Waals surface area contributed by atoms with E-state index in [1.54, 1.807) is 0 Å². The summed E-state index contributed by atoms with van der Waals surface area (Å²) in [5.74, 6) is 0. The largest absolute Gasteiger partial charge is 0.295 e. The summed E-state index contributed by atoms with van der Waals surface area (Å²) in [7, 11) is 0. The molecule has 3 heteroatoms. The Bertz CT molecular complexity index is 338. The van der Waals surface area contributed by atoms with Crippen molar-refractivity contribution < 1.29 is 0 Å². The molecule has 0 unspecified atom stereocenters. The van der Waals surface area contributed by atoms with Crippen LogP contribution in [0.4, 0.5) is 0 Å². The molecular weight excluding hydrogens is 286 g/mol. The van der Waals surface area contributed by atoms with E-state index in [9.17, 15) is 0 Å². The van der Waals surface area contributed by atoms with Crippen molar-refractivity contribution in [2.45, 2.75) is 31.8 Å². The van der Waals surface area contributed by atoms with E-state index in [1.165, 1.54) is 24.8 Å². The summed E-state index contributed by atoms with van der Waals surface area (Å²) in [4.78, 5) is 2.54. The molecule has 1 aromatic rings. The van der Waals surface area contributed by atoms with Crippen LogP contribution in [-0.2, 0) is 6.54 Å². The predicted octanol–water partition coefficient (Wildman–Crippen LogP) is 4.09. The Balaban J connectivity index is 2.01. The lowest BCUT2D eigenvalue weighted by atomic mass is 9.91. The SMILES string of the molecule is Clc1ccccc1CN(CCBr)C1CCC1. The topological polar surface area (TPSA) is 3.24 Å². The van der Waals surface area contributed by atoms with Crippen molar-refractivity contribution in [1.29, 1.82) is 0 Å². The summed E-state index contributed by atoms with van der Waals surface area (Å²) >= 11 is 9.72. The molecule has 0 heterocycles. The average molecular weight is 303 g/mol. The minimum atomic E-state index is 0.772. The molecule has 1 nitrogen and oxygen atoms in total. The Labute approximate surface area is 111 Å². The van der Waals surface area contributed by atoms with Gasteiger partial charge in [-0.05, 0) is 24.5 Å². The molecule has 0 bridgehead atoms. The van der Waals surface area contributed by atoms with Crippen LogP contribution in [0.3, 0.4) is 0 Å². The molecule has 0 aliphatic heterocycles. The lowest BCUT2D eigenvalue weighted by molar-refractivity contribution is 0.128. The molecule has 0 N–H and O–H groups in total. The molecule has 16 heavy (non-hydrogen) atoms. The van der Waals surface area contributed by atoms with Gasteiger partial charge < -0.3 is 0 Å². The third-order valence-electron chi connectivity index (χ3n) is 3.29. The van der Waals surface area contributed by atoms with Gasteiger partial charge in [0.2, 0.25) is 0 Å². The van der Waals surface area contributed by atoms with Gasteiger partial charge in [0.25, 0.3) is 0 Å². The maximum absolute atomic E-state index is 6.20. The normalized spacial score (nSPS) is 16.4. The van der Waals surface area contributed by atoms with Crippen molar-refractivity contribution in [3.05, 3.63) is 34.9 Å². The standard InChI is InChI=1S/C13H17BrClN/c14-8-9-16(12-5-3-6-12)10-11-4-1-2-7-13(11)15/h1-2,4,7,12H,3,5-6,8-10H2. The highest BCUT2D eigenvalue weighted by molar-refractivity contribution is 9.09. The number of alkyl halides is 1. The quantitative estimate of drug-likeness (QED) is 0.741. The van der Waals surface area contributed by atoms with Crippen molar-refractivity contribution in [2.75, 3.05) is 11.9 Å². The first kappa shape index (κ1) is 12.4. The van der Waals surface area contributed by atoms with Crippen molar-refractivity contribution in [3.63, 3.8) is 0 Å². The van der Waals surface area contributed by atoms with E-state index in [2.05, 4.69) is 33.0 Å². The summed E-state index contributed by atoms with van der Waals surface area (Å²) in [5, 5.41) is 1.93. The van der Waals surface area contributed by atoms with E-state index in [0.717, 1.165) is 29.5 Å². The molecule has 0 spiro atoms. The van der Waals surface area contributed by atoms with Crippen LogP contribution < -0.4 is 0 Å². The van der Waals surface area contributed by atoms with Gasteiger partial charge in [0.1, 0.15) is 0 Å². The van der Waals surface area contributed by atoms with Gasteiger partial charge in [-0.15, -0.1) is 0 Å². The first-order valence-electron chi connectivity index (χ1n) is 5.84. The van der Waals surface area contributed by atoms with Crippen LogP contribution in [0.2, 0.25) is 5.02 Å². The van der Waals surface area contributed by atoms with Crippen LogP contribution in [0.5, 0.6) is 0 Å². The number of hydrogen-bond donors (Lipinski definition) is 0. The van der Waals surface area contributed by atoms with Crippen molar-refractivity contribution in [2.24, 2.45) is 0 Å². The molecule has 1 aliphatic rings. The molecule has 1 aliphatic carbocycles. The highest BCUT2D eigenvalue weighted by Gasteiger charge is 2.24. The Morgan fingerprint density at radius 3 is 2.62 bits per heavy atom. The van der Waals surface area contributed by atoms with E-state index in [-0.39, 0.29) is 0 Å². The first-order chi connectivity index (χ1) is 7.81. The van der Waals surface area contributed by atoms with E-state index in [4.69, 9.17) is 11.6 Å². The zero-order valence-electron chi connectivity index (χ0n) is 9.33. The first-order valence-corrected chi connectivity index (χ1v) is 7.34. The predicted molar refractivity (Wildman–Crippen MR) is 73.3 cm³/mol. The van der Waals surface area contributed by atoms with Gasteiger partial charge in [0.15, 0.2) is 0 Å². The van der Waals surface area contributed by atoms with Gasteiger partial charge in [-0.25, -0.2) is 0 Å². The van der Waals surface area contributed by atoms with Crippen molar-refractivity contribution >= 4 is 27.5 Å². The third kappa shape index (κ3) is 2.99. The highest BCUT2D eigenvalue weighted by Crippen LogP contribution is 2.27. The smallest absolute Gasteiger partial charge is 0.0451 e. The maximum atomic E-state index is 6.20. The van der Waals surface area contributed by atoms with Crippen molar-refractivity contribution in [3.8, 4) is 0 Å². The van der Waals surface area contributed by atoms with Crippen LogP contribution in [0.15, 0.2) is 24.3 Å². The van der Waals surface area contributed by atoms with Crippen LogP contribution in [-0.4, -0.2) is 22.8 Å². The lowest BCUT2D eigenvalue weighted by Gasteiger charge is -2.37. The lowest BCUT2D eigenvalue weighted by Crippen LogP contribution is -2.40. The fraction of sp³-hybridized carbons (Fsp3) is 0.538. The molecule has 2 rings (SSSR count). The molecule has 1 saturated carbocycles. The fourth-order valence-corrected chi connectivity index (χ4v) is 2.75. The number of nitrogens with zero attached hydrogens (tertiary/aromatic N) is 1. The second-order valence-electron chi connectivity index (χ2n) is 4.34. The van der Waals surface area contributed by atoms with Gasteiger partial charge in [-0.2, -0.15) is 0 Å². The Morgan fingerprint density at radius 2 is 2.06 bits per heavy atom. The Morgan fingerprint density at radius 1 is 1.31 bits per heavy atom. The van der Waals surface area contributed by atoms with Gasteiger partial charge >= 0.3 is 0 Å². The molecule has 88 valence electrons.